The number of aryl methyl sites for hydroxylation is 1. The van der Waals surface area contributed by atoms with Crippen LogP contribution in [0.1, 0.15) is 32.3 Å². The van der Waals surface area contributed by atoms with Gasteiger partial charge in [-0.1, -0.05) is 19.1 Å². The van der Waals surface area contributed by atoms with Crippen LogP contribution in [0.3, 0.4) is 0 Å². The Morgan fingerprint density at radius 3 is 2.55 bits per heavy atom. The number of urea groups is 1. The number of carbonyl (C=O) groups is 2. The number of anilines is 1. The summed E-state index contributed by atoms with van der Waals surface area (Å²) in [5, 5.41) is 12.1. The zero-order chi connectivity index (χ0) is 14.8. The minimum Gasteiger partial charge on any atom is -0.480 e. The lowest BCUT2D eigenvalue weighted by Gasteiger charge is -2.31. The van der Waals surface area contributed by atoms with Gasteiger partial charge in [0, 0.05) is 12.2 Å². The fourth-order valence-electron chi connectivity index (χ4n) is 2.53. The molecule has 0 saturated carbocycles. The zero-order valence-corrected chi connectivity index (χ0v) is 11.8. The van der Waals surface area contributed by atoms with E-state index in [0.717, 1.165) is 6.42 Å². The normalized spacial score (nSPS) is 21.8. The highest BCUT2D eigenvalue weighted by molar-refractivity contribution is 5.94. The van der Waals surface area contributed by atoms with E-state index in [1.165, 1.54) is 10.5 Å². The molecule has 1 heterocycles. The van der Waals surface area contributed by atoms with Crippen molar-refractivity contribution in [2.24, 2.45) is 0 Å². The third-order valence-corrected chi connectivity index (χ3v) is 3.96. The summed E-state index contributed by atoms with van der Waals surface area (Å²) in [6.45, 7) is 4.14. The van der Waals surface area contributed by atoms with Gasteiger partial charge in [0.2, 0.25) is 0 Å². The average Bonchev–Trinajstić information content (AvgIpc) is 2.83. The Labute approximate surface area is 118 Å². The molecule has 20 heavy (non-hydrogen) atoms. The number of benzene rings is 1. The molecule has 1 unspecified atom stereocenters. The summed E-state index contributed by atoms with van der Waals surface area (Å²) in [7, 11) is 0. The van der Waals surface area contributed by atoms with Crippen LogP contribution in [-0.4, -0.2) is 34.1 Å². The van der Waals surface area contributed by atoms with Crippen molar-refractivity contribution in [3.05, 3.63) is 29.8 Å². The van der Waals surface area contributed by atoms with Crippen LogP contribution in [0.5, 0.6) is 0 Å². The molecule has 1 aromatic rings. The molecule has 0 radical (unpaired) electrons. The van der Waals surface area contributed by atoms with E-state index in [1.807, 2.05) is 24.3 Å². The van der Waals surface area contributed by atoms with Gasteiger partial charge in [-0.05, 0) is 43.9 Å². The molecule has 2 rings (SSSR count). The highest BCUT2D eigenvalue weighted by atomic mass is 16.4. The van der Waals surface area contributed by atoms with Crippen molar-refractivity contribution in [3.8, 4) is 0 Å². The molecule has 0 aliphatic carbocycles. The van der Waals surface area contributed by atoms with Crippen molar-refractivity contribution >= 4 is 17.7 Å². The number of nitrogens with one attached hydrogen (secondary N) is 1. The number of carboxylic acid groups (broad SMARTS) is 1. The second-order valence-corrected chi connectivity index (χ2v) is 5.31. The van der Waals surface area contributed by atoms with E-state index in [2.05, 4.69) is 12.2 Å². The molecular weight excluding hydrogens is 256 g/mol. The van der Waals surface area contributed by atoms with Gasteiger partial charge in [-0.2, -0.15) is 0 Å². The molecule has 1 fully saturated rings. The number of carboxylic acids is 1. The minimum absolute atomic E-state index is 0.350. The van der Waals surface area contributed by atoms with E-state index >= 15 is 0 Å². The molecule has 1 aliphatic heterocycles. The second-order valence-electron chi connectivity index (χ2n) is 5.31. The third kappa shape index (κ3) is 2.61. The van der Waals surface area contributed by atoms with Gasteiger partial charge >= 0.3 is 12.0 Å². The molecule has 2 amide bonds. The molecule has 5 heteroatoms. The molecule has 1 aliphatic rings. The van der Waals surface area contributed by atoms with Gasteiger partial charge in [-0.25, -0.2) is 9.59 Å². The van der Waals surface area contributed by atoms with Crippen LogP contribution in [0.15, 0.2) is 24.3 Å². The van der Waals surface area contributed by atoms with Crippen molar-refractivity contribution in [2.75, 3.05) is 11.9 Å². The number of likely N-dealkylation sites (tertiary alicyclic amines) is 1. The summed E-state index contributed by atoms with van der Waals surface area (Å²) in [6.07, 6.45) is 2.15. The van der Waals surface area contributed by atoms with Crippen molar-refractivity contribution in [1.82, 2.24) is 4.90 Å². The maximum atomic E-state index is 12.2. The summed E-state index contributed by atoms with van der Waals surface area (Å²) in [4.78, 5) is 25.0. The second kappa shape index (κ2) is 5.53. The molecule has 1 aromatic carbocycles. The average molecular weight is 276 g/mol. The number of aliphatic carboxylic acids is 1. The van der Waals surface area contributed by atoms with Crippen molar-refractivity contribution in [1.29, 1.82) is 0 Å². The van der Waals surface area contributed by atoms with Crippen LogP contribution >= 0.6 is 0 Å². The van der Waals surface area contributed by atoms with Crippen LogP contribution < -0.4 is 5.32 Å². The molecule has 108 valence electrons. The van der Waals surface area contributed by atoms with Crippen LogP contribution in [0.4, 0.5) is 10.5 Å². The largest absolute Gasteiger partial charge is 0.480 e. The fourth-order valence-corrected chi connectivity index (χ4v) is 2.53. The lowest BCUT2D eigenvalue weighted by atomic mass is 10.00. The Morgan fingerprint density at radius 1 is 1.35 bits per heavy atom. The van der Waals surface area contributed by atoms with Crippen molar-refractivity contribution in [2.45, 2.75) is 38.6 Å². The van der Waals surface area contributed by atoms with Crippen LogP contribution in [0.25, 0.3) is 0 Å². The van der Waals surface area contributed by atoms with E-state index < -0.39 is 11.5 Å². The molecule has 1 saturated heterocycles. The van der Waals surface area contributed by atoms with E-state index in [9.17, 15) is 14.7 Å². The third-order valence-electron chi connectivity index (χ3n) is 3.96. The number of nitrogens with zero attached hydrogens (tertiary/aromatic N) is 1. The Balaban J connectivity index is 2.09. The smallest absolute Gasteiger partial charge is 0.329 e. The van der Waals surface area contributed by atoms with Gasteiger partial charge in [0.25, 0.3) is 0 Å². The maximum Gasteiger partial charge on any atom is 0.329 e. The van der Waals surface area contributed by atoms with Crippen molar-refractivity contribution < 1.29 is 14.7 Å². The van der Waals surface area contributed by atoms with Gasteiger partial charge in [-0.15, -0.1) is 0 Å². The van der Waals surface area contributed by atoms with Crippen LogP contribution in [-0.2, 0) is 11.2 Å². The highest BCUT2D eigenvalue weighted by Crippen LogP contribution is 2.29. The van der Waals surface area contributed by atoms with E-state index in [1.54, 1.807) is 6.92 Å². The van der Waals surface area contributed by atoms with Gasteiger partial charge in [-0.3, -0.25) is 0 Å². The van der Waals surface area contributed by atoms with E-state index in [0.29, 0.717) is 25.1 Å². The lowest BCUT2D eigenvalue weighted by molar-refractivity contribution is -0.146. The fraction of sp³-hybridized carbons (Fsp3) is 0.467. The predicted octanol–water partition coefficient (Wildman–Crippen LogP) is 2.72. The summed E-state index contributed by atoms with van der Waals surface area (Å²) < 4.78 is 0. The predicted molar refractivity (Wildman–Crippen MR) is 76.8 cm³/mol. The Hall–Kier alpha value is -2.04. The Bertz CT molecular complexity index is 512. The molecule has 0 bridgehead atoms. The summed E-state index contributed by atoms with van der Waals surface area (Å²) in [6, 6.07) is 7.23. The topological polar surface area (TPSA) is 69.6 Å². The number of hydrogen-bond acceptors (Lipinski definition) is 2. The highest BCUT2D eigenvalue weighted by Gasteiger charge is 2.45. The quantitative estimate of drug-likeness (QED) is 0.891. The van der Waals surface area contributed by atoms with Crippen LogP contribution in [0, 0.1) is 0 Å². The van der Waals surface area contributed by atoms with Gasteiger partial charge in [0.05, 0.1) is 0 Å². The van der Waals surface area contributed by atoms with E-state index in [-0.39, 0.29) is 6.03 Å². The maximum absolute atomic E-state index is 12.2. The summed E-state index contributed by atoms with van der Waals surface area (Å²) in [5.41, 5.74) is 0.777. The standard InChI is InChI=1S/C15H20N2O3/c1-3-11-5-7-12(8-6-11)16-14(20)17-10-4-9-15(17,2)13(18)19/h5-8H,3-4,9-10H2,1-2H3,(H,16,20)(H,18,19). The van der Waals surface area contributed by atoms with Crippen molar-refractivity contribution in [3.63, 3.8) is 0 Å². The number of rotatable bonds is 3. The molecule has 0 aromatic heterocycles. The monoisotopic (exact) mass is 276 g/mol. The van der Waals surface area contributed by atoms with Gasteiger partial charge in [0.1, 0.15) is 5.54 Å². The van der Waals surface area contributed by atoms with Gasteiger partial charge < -0.3 is 15.3 Å². The first kappa shape index (κ1) is 14.4. The Kier molecular flexibility index (Phi) is 3.97. The zero-order valence-electron chi connectivity index (χ0n) is 11.8. The van der Waals surface area contributed by atoms with Crippen LogP contribution in [0.2, 0.25) is 0 Å². The molecule has 2 N–H and O–H groups in total. The lowest BCUT2D eigenvalue weighted by Crippen LogP contribution is -2.52. The van der Waals surface area contributed by atoms with E-state index in [4.69, 9.17) is 0 Å². The number of carbonyl (C=O) groups excluding carboxylic acids is 1. The Morgan fingerprint density at radius 2 is 2.00 bits per heavy atom. The molecule has 0 spiro atoms. The number of hydrogen-bond donors (Lipinski definition) is 2. The summed E-state index contributed by atoms with van der Waals surface area (Å²) in [5.74, 6) is -0.952. The first-order chi connectivity index (χ1) is 9.47. The molecule has 1 atom stereocenters. The first-order valence-electron chi connectivity index (χ1n) is 6.88. The minimum atomic E-state index is -1.10. The summed E-state index contributed by atoms with van der Waals surface area (Å²) >= 11 is 0. The number of amides is 2. The molecular formula is C15H20N2O3. The molecule has 5 nitrogen and oxygen atoms in total. The SMILES string of the molecule is CCc1ccc(NC(=O)N2CCCC2(C)C(=O)O)cc1. The van der Waals surface area contributed by atoms with Gasteiger partial charge in [0.15, 0.2) is 0 Å². The first-order valence-corrected chi connectivity index (χ1v) is 6.88.